The highest BCUT2D eigenvalue weighted by atomic mass is 32.2. The Morgan fingerprint density at radius 3 is 2.64 bits per heavy atom. The molecule has 0 aliphatic heterocycles. The van der Waals surface area contributed by atoms with Crippen LogP contribution < -0.4 is 15.5 Å². The van der Waals surface area contributed by atoms with Gasteiger partial charge in [-0.3, -0.25) is 10.3 Å². The van der Waals surface area contributed by atoms with Gasteiger partial charge in [-0.1, -0.05) is 18.2 Å². The minimum atomic E-state index is -0.260. The zero-order valence-electron chi connectivity index (χ0n) is 20.7. The van der Waals surface area contributed by atoms with Gasteiger partial charge in [0.2, 0.25) is 5.96 Å². The maximum atomic E-state index is 13.3. The van der Waals surface area contributed by atoms with Gasteiger partial charge < -0.3 is 19.5 Å². The predicted octanol–water partition coefficient (Wildman–Crippen LogP) is 3.83. The summed E-state index contributed by atoms with van der Waals surface area (Å²) in [6.45, 7) is 3.08. The molecule has 3 rings (SSSR count). The number of nitriles is 1. The molecule has 0 unspecified atom stereocenters. The van der Waals surface area contributed by atoms with Crippen LogP contribution in [0.3, 0.4) is 0 Å². The van der Waals surface area contributed by atoms with Gasteiger partial charge in [-0.15, -0.1) is 0 Å². The van der Waals surface area contributed by atoms with Crippen LogP contribution in [0.1, 0.15) is 17.1 Å². The first kappa shape index (κ1) is 27.0. The first-order chi connectivity index (χ1) is 17.5. The lowest BCUT2D eigenvalue weighted by Gasteiger charge is -2.24. The second kappa shape index (κ2) is 14.8. The van der Waals surface area contributed by atoms with Crippen LogP contribution >= 0.6 is 11.8 Å². The molecule has 0 amide bonds. The van der Waals surface area contributed by atoms with Crippen molar-refractivity contribution >= 4 is 23.5 Å². The normalized spacial score (nSPS) is 11.4. The molecule has 1 aromatic carbocycles. The fourth-order valence-corrected chi connectivity index (χ4v) is 4.14. The lowest BCUT2D eigenvalue weighted by atomic mass is 10.2. The number of pyridine rings is 1. The van der Waals surface area contributed by atoms with Gasteiger partial charge in [0.25, 0.3) is 0 Å². The van der Waals surface area contributed by atoms with Gasteiger partial charge in [-0.25, -0.2) is 9.37 Å². The summed E-state index contributed by atoms with van der Waals surface area (Å²) >= 11 is 1.73. The number of guanidine groups is 1. The molecule has 0 fully saturated rings. The van der Waals surface area contributed by atoms with Crippen molar-refractivity contribution in [2.24, 2.45) is 4.99 Å². The Bertz CT molecular complexity index is 1110. The third-order valence-electron chi connectivity index (χ3n) is 5.05. The lowest BCUT2D eigenvalue weighted by molar-refractivity contribution is 0.344. The highest BCUT2D eigenvalue weighted by Gasteiger charge is 2.09. The van der Waals surface area contributed by atoms with Crippen LogP contribution in [0.2, 0.25) is 0 Å². The predicted molar refractivity (Wildman–Crippen MR) is 143 cm³/mol. The van der Waals surface area contributed by atoms with E-state index >= 15 is 0 Å². The SMILES string of the molecule is CN(C)Cc1ccc(CSCCN=C(NC#N)NCCN(Cc2ccc(F)cc2)c2ccccn2)o1. The first-order valence-corrected chi connectivity index (χ1v) is 12.8. The fraction of sp³-hybridized carbons (Fsp3) is 0.346. The van der Waals surface area contributed by atoms with E-state index < -0.39 is 0 Å². The van der Waals surface area contributed by atoms with E-state index in [2.05, 4.69) is 30.4 Å². The Morgan fingerprint density at radius 2 is 1.92 bits per heavy atom. The lowest BCUT2D eigenvalue weighted by Crippen LogP contribution is -2.40. The third-order valence-corrected chi connectivity index (χ3v) is 6.01. The monoisotopic (exact) mass is 509 g/mol. The summed E-state index contributed by atoms with van der Waals surface area (Å²) in [5, 5.41) is 14.9. The molecular weight excluding hydrogens is 477 g/mol. The number of hydrogen-bond donors (Lipinski definition) is 2. The summed E-state index contributed by atoms with van der Waals surface area (Å²) in [4.78, 5) is 13.1. The molecule has 10 heteroatoms. The maximum Gasteiger partial charge on any atom is 0.204 e. The highest BCUT2D eigenvalue weighted by Crippen LogP contribution is 2.16. The number of anilines is 1. The largest absolute Gasteiger partial charge is 0.464 e. The van der Waals surface area contributed by atoms with Gasteiger partial charge in [0.1, 0.15) is 23.2 Å². The summed E-state index contributed by atoms with van der Waals surface area (Å²) in [5.41, 5.74) is 0.980. The summed E-state index contributed by atoms with van der Waals surface area (Å²) < 4.78 is 19.1. The van der Waals surface area contributed by atoms with Crippen LogP contribution in [0, 0.1) is 17.3 Å². The van der Waals surface area contributed by atoms with E-state index in [1.54, 1.807) is 30.1 Å². The number of thioether (sulfide) groups is 1. The quantitative estimate of drug-likeness (QED) is 0.118. The average molecular weight is 510 g/mol. The molecule has 0 aliphatic rings. The van der Waals surface area contributed by atoms with Crippen LogP contribution in [-0.4, -0.2) is 55.3 Å². The molecule has 3 aromatic rings. The number of rotatable bonds is 13. The van der Waals surface area contributed by atoms with Gasteiger partial charge in [0.05, 0.1) is 18.8 Å². The molecule has 0 bridgehead atoms. The van der Waals surface area contributed by atoms with E-state index in [1.165, 1.54) is 12.1 Å². The molecule has 0 atom stereocenters. The molecule has 0 saturated heterocycles. The second-order valence-electron chi connectivity index (χ2n) is 8.29. The third kappa shape index (κ3) is 9.60. The Labute approximate surface area is 216 Å². The van der Waals surface area contributed by atoms with Crippen LogP contribution in [0.25, 0.3) is 0 Å². The fourth-order valence-electron chi connectivity index (χ4n) is 3.42. The van der Waals surface area contributed by atoms with Crippen LogP contribution in [0.4, 0.5) is 10.2 Å². The highest BCUT2D eigenvalue weighted by molar-refractivity contribution is 7.98. The molecule has 2 heterocycles. The minimum Gasteiger partial charge on any atom is -0.464 e. The van der Waals surface area contributed by atoms with Crippen molar-refractivity contribution in [1.29, 1.82) is 5.26 Å². The number of aliphatic imine (C=N–C) groups is 1. The Morgan fingerprint density at radius 1 is 1.11 bits per heavy atom. The molecule has 0 radical (unpaired) electrons. The van der Waals surface area contributed by atoms with Gasteiger partial charge in [0.15, 0.2) is 6.19 Å². The summed E-state index contributed by atoms with van der Waals surface area (Å²) in [6, 6.07) is 16.2. The number of aromatic nitrogens is 1. The van der Waals surface area contributed by atoms with Gasteiger partial charge >= 0.3 is 0 Å². The molecule has 8 nitrogen and oxygen atoms in total. The van der Waals surface area contributed by atoms with Crippen LogP contribution in [0.15, 0.2) is 70.2 Å². The van der Waals surface area contributed by atoms with Crippen molar-refractivity contribution in [1.82, 2.24) is 20.5 Å². The van der Waals surface area contributed by atoms with Crippen LogP contribution in [0.5, 0.6) is 0 Å². The Balaban J connectivity index is 1.47. The molecule has 0 aliphatic carbocycles. The molecule has 0 saturated carbocycles. The van der Waals surface area contributed by atoms with Crippen molar-refractivity contribution in [3.8, 4) is 6.19 Å². The Hall–Kier alpha value is -3.55. The second-order valence-corrected chi connectivity index (χ2v) is 9.39. The smallest absolute Gasteiger partial charge is 0.204 e. The zero-order chi connectivity index (χ0) is 25.6. The summed E-state index contributed by atoms with van der Waals surface area (Å²) in [7, 11) is 4.02. The molecule has 0 spiro atoms. The van der Waals surface area contributed by atoms with E-state index in [0.29, 0.717) is 32.1 Å². The number of nitrogens with one attached hydrogen (secondary N) is 2. The van der Waals surface area contributed by atoms with E-state index in [1.807, 2.05) is 50.6 Å². The number of hydrogen-bond acceptors (Lipinski definition) is 7. The van der Waals surface area contributed by atoms with Crippen molar-refractivity contribution in [3.05, 3.63) is 83.7 Å². The molecular formula is C26H32FN7OS. The van der Waals surface area contributed by atoms with Crippen molar-refractivity contribution < 1.29 is 8.81 Å². The summed E-state index contributed by atoms with van der Waals surface area (Å²) in [5.74, 6) is 4.48. The first-order valence-electron chi connectivity index (χ1n) is 11.7. The Kier molecular flexibility index (Phi) is 11.1. The number of furan rings is 1. The number of benzene rings is 1. The van der Waals surface area contributed by atoms with Crippen LogP contribution in [-0.2, 0) is 18.8 Å². The van der Waals surface area contributed by atoms with E-state index in [4.69, 9.17) is 9.68 Å². The molecule has 2 aromatic heterocycles. The van der Waals surface area contributed by atoms with E-state index in [9.17, 15) is 4.39 Å². The summed E-state index contributed by atoms with van der Waals surface area (Å²) in [6.07, 6.45) is 3.68. The standard InChI is InChI=1S/C26H32FN7OS/c1-33(2)18-23-10-11-24(35-23)19-36-16-14-31-26(32-20-28)30-13-15-34(25-5-3-4-12-29-25)17-21-6-8-22(27)9-7-21/h3-12H,13-19H2,1-2H3,(H2,30,31,32). The molecule has 36 heavy (non-hydrogen) atoms. The average Bonchev–Trinajstić information content (AvgIpc) is 3.31. The van der Waals surface area contributed by atoms with Crippen molar-refractivity contribution in [2.45, 2.75) is 18.8 Å². The number of halogens is 1. The van der Waals surface area contributed by atoms with Crippen molar-refractivity contribution in [2.75, 3.05) is 44.4 Å². The molecule has 2 N–H and O–H groups in total. The van der Waals surface area contributed by atoms with Gasteiger partial charge in [0, 0.05) is 31.6 Å². The van der Waals surface area contributed by atoms with Gasteiger partial charge in [-0.2, -0.15) is 17.0 Å². The molecule has 190 valence electrons. The topological polar surface area (TPSA) is 92.7 Å². The maximum absolute atomic E-state index is 13.3. The van der Waals surface area contributed by atoms with Crippen molar-refractivity contribution in [3.63, 3.8) is 0 Å². The minimum absolute atomic E-state index is 0.260. The zero-order valence-corrected chi connectivity index (χ0v) is 21.5. The number of nitrogens with zero attached hydrogens (tertiary/aromatic N) is 5. The van der Waals surface area contributed by atoms with E-state index in [-0.39, 0.29) is 5.82 Å². The van der Waals surface area contributed by atoms with E-state index in [0.717, 1.165) is 41.0 Å². The van der Waals surface area contributed by atoms with Gasteiger partial charge in [-0.05, 0) is 56.1 Å².